The van der Waals surface area contributed by atoms with Crippen LogP contribution in [0.3, 0.4) is 0 Å². The number of hydrogen-bond donors (Lipinski definition) is 2. The van der Waals surface area contributed by atoms with Gasteiger partial charge in [-0.1, -0.05) is 12.1 Å². The minimum atomic E-state index is 0.164. The number of likely N-dealkylation sites (tertiary alicyclic amines) is 1. The van der Waals surface area contributed by atoms with Crippen molar-refractivity contribution < 1.29 is 5.11 Å². The molecule has 0 radical (unpaired) electrons. The quantitative estimate of drug-likeness (QED) is 0.776. The number of aromatic nitrogens is 1. The molecule has 4 heteroatoms. The molecule has 1 aromatic carbocycles. The van der Waals surface area contributed by atoms with Crippen LogP contribution < -0.4 is 0 Å². The first-order valence-electron chi connectivity index (χ1n) is 7.18. The summed E-state index contributed by atoms with van der Waals surface area (Å²) in [6.07, 6.45) is 6.32. The summed E-state index contributed by atoms with van der Waals surface area (Å²) in [5.41, 5.74) is 3.85. The molecule has 0 bridgehead atoms. The number of rotatable bonds is 1. The lowest BCUT2D eigenvalue weighted by molar-refractivity contribution is 0.0976. The van der Waals surface area contributed by atoms with E-state index in [1.165, 1.54) is 22.0 Å². The summed E-state index contributed by atoms with van der Waals surface area (Å²) in [5.74, 6) is 0.555. The second-order valence-electron chi connectivity index (χ2n) is 6.00. The SMILES string of the molecule is N#CN1C[C@@H](CO)C[C@H]2c3cccc4[nH]cc(c34)C[C@@H]21. The van der Waals surface area contributed by atoms with Gasteiger partial charge in [-0.25, -0.2) is 0 Å². The smallest absolute Gasteiger partial charge is 0.179 e. The molecule has 20 heavy (non-hydrogen) atoms. The summed E-state index contributed by atoms with van der Waals surface area (Å²) in [6.45, 7) is 0.848. The highest BCUT2D eigenvalue weighted by Gasteiger charge is 2.40. The molecule has 0 spiro atoms. The molecule has 2 heterocycles. The largest absolute Gasteiger partial charge is 0.396 e. The molecule has 2 aliphatic rings. The van der Waals surface area contributed by atoms with Gasteiger partial charge in [0.2, 0.25) is 0 Å². The number of piperidine rings is 1. The lowest BCUT2D eigenvalue weighted by Crippen LogP contribution is -2.48. The molecule has 102 valence electrons. The second kappa shape index (κ2) is 4.26. The number of H-pyrrole nitrogens is 1. The highest BCUT2D eigenvalue weighted by molar-refractivity contribution is 5.88. The minimum Gasteiger partial charge on any atom is -0.396 e. The summed E-state index contributed by atoms with van der Waals surface area (Å²) in [4.78, 5) is 5.22. The van der Waals surface area contributed by atoms with Gasteiger partial charge in [-0.15, -0.1) is 0 Å². The Morgan fingerprint density at radius 2 is 2.35 bits per heavy atom. The van der Waals surface area contributed by atoms with Gasteiger partial charge in [-0.2, -0.15) is 5.26 Å². The third kappa shape index (κ3) is 1.50. The average Bonchev–Trinajstić information content (AvgIpc) is 2.91. The molecule has 2 aromatic rings. The number of nitrogens with one attached hydrogen (secondary N) is 1. The van der Waals surface area contributed by atoms with Gasteiger partial charge in [0.05, 0.1) is 6.04 Å². The topological polar surface area (TPSA) is 63.1 Å². The van der Waals surface area contributed by atoms with Gasteiger partial charge < -0.3 is 15.0 Å². The van der Waals surface area contributed by atoms with Gasteiger partial charge in [0.25, 0.3) is 0 Å². The van der Waals surface area contributed by atoms with E-state index in [9.17, 15) is 10.4 Å². The van der Waals surface area contributed by atoms with Gasteiger partial charge in [-0.3, -0.25) is 0 Å². The van der Waals surface area contributed by atoms with Gasteiger partial charge in [0.1, 0.15) is 0 Å². The van der Waals surface area contributed by atoms with Crippen LogP contribution in [0.25, 0.3) is 10.9 Å². The maximum atomic E-state index is 9.50. The molecule has 0 unspecified atom stereocenters. The van der Waals surface area contributed by atoms with Crippen LogP contribution in [0, 0.1) is 17.4 Å². The highest BCUT2D eigenvalue weighted by Crippen LogP contribution is 2.44. The third-order valence-corrected chi connectivity index (χ3v) is 4.94. The number of aliphatic hydroxyl groups excluding tert-OH is 1. The van der Waals surface area contributed by atoms with E-state index in [4.69, 9.17) is 0 Å². The number of nitriles is 1. The molecule has 4 nitrogen and oxygen atoms in total. The van der Waals surface area contributed by atoms with Crippen molar-refractivity contribution in [2.75, 3.05) is 13.2 Å². The molecule has 1 fully saturated rings. The summed E-state index contributed by atoms with van der Waals surface area (Å²) < 4.78 is 0. The summed E-state index contributed by atoms with van der Waals surface area (Å²) in [5, 5.41) is 20.3. The fourth-order valence-electron chi connectivity index (χ4n) is 4.04. The van der Waals surface area contributed by atoms with Gasteiger partial charge in [0, 0.05) is 42.1 Å². The van der Waals surface area contributed by atoms with Crippen molar-refractivity contribution >= 4 is 10.9 Å². The van der Waals surface area contributed by atoms with E-state index in [1.807, 2.05) is 4.90 Å². The van der Waals surface area contributed by atoms with E-state index in [0.29, 0.717) is 12.5 Å². The van der Waals surface area contributed by atoms with Crippen LogP contribution in [-0.2, 0) is 6.42 Å². The van der Waals surface area contributed by atoms with E-state index >= 15 is 0 Å². The standard InChI is InChI=1S/C16H17N3O/c17-9-19-7-10(8-20)4-13-12-2-1-3-14-16(12)11(6-18-14)5-15(13)19/h1-3,6,10,13,15,18,20H,4-5,7-8H2/t10-,13-,15-/m0/s1. The maximum Gasteiger partial charge on any atom is 0.179 e. The number of nitrogens with zero attached hydrogens (tertiary/aromatic N) is 2. The van der Waals surface area contributed by atoms with E-state index in [2.05, 4.69) is 35.6 Å². The molecule has 1 aromatic heterocycles. The van der Waals surface area contributed by atoms with Crippen LogP contribution >= 0.6 is 0 Å². The molecule has 4 rings (SSSR count). The Balaban J connectivity index is 1.86. The highest BCUT2D eigenvalue weighted by atomic mass is 16.3. The molecule has 1 saturated heterocycles. The fraction of sp³-hybridized carbons (Fsp3) is 0.438. The monoisotopic (exact) mass is 267 g/mol. The average molecular weight is 267 g/mol. The molecule has 3 atom stereocenters. The molecule has 0 saturated carbocycles. The Kier molecular flexibility index (Phi) is 2.51. The lowest BCUT2D eigenvalue weighted by Gasteiger charge is -2.44. The van der Waals surface area contributed by atoms with Crippen LogP contribution in [0.2, 0.25) is 0 Å². The third-order valence-electron chi connectivity index (χ3n) is 4.94. The van der Waals surface area contributed by atoms with Crippen molar-refractivity contribution in [2.45, 2.75) is 24.8 Å². The van der Waals surface area contributed by atoms with Crippen LogP contribution in [-0.4, -0.2) is 34.2 Å². The van der Waals surface area contributed by atoms with Crippen LogP contribution in [0.15, 0.2) is 24.4 Å². The summed E-state index contributed by atoms with van der Waals surface area (Å²) >= 11 is 0. The summed E-state index contributed by atoms with van der Waals surface area (Å²) in [6, 6.07) is 6.62. The zero-order chi connectivity index (χ0) is 13.7. The van der Waals surface area contributed by atoms with Gasteiger partial charge >= 0.3 is 0 Å². The zero-order valence-electron chi connectivity index (χ0n) is 11.2. The second-order valence-corrected chi connectivity index (χ2v) is 6.00. The molecular weight excluding hydrogens is 250 g/mol. The first-order valence-corrected chi connectivity index (χ1v) is 7.18. The van der Waals surface area contributed by atoms with Crippen molar-refractivity contribution in [1.29, 1.82) is 5.26 Å². The fourth-order valence-corrected chi connectivity index (χ4v) is 4.04. The van der Waals surface area contributed by atoms with Crippen LogP contribution in [0.5, 0.6) is 0 Å². The molecule has 2 N–H and O–H groups in total. The van der Waals surface area contributed by atoms with Crippen molar-refractivity contribution in [2.24, 2.45) is 5.92 Å². The van der Waals surface area contributed by atoms with Crippen molar-refractivity contribution in [3.8, 4) is 6.19 Å². The predicted molar refractivity (Wildman–Crippen MR) is 76.0 cm³/mol. The number of benzene rings is 1. The molecule has 1 aliphatic heterocycles. The Bertz CT molecular complexity index is 699. The molecule has 1 aliphatic carbocycles. The van der Waals surface area contributed by atoms with Crippen LogP contribution in [0.4, 0.5) is 0 Å². The van der Waals surface area contributed by atoms with E-state index in [-0.39, 0.29) is 18.6 Å². The van der Waals surface area contributed by atoms with Crippen molar-refractivity contribution in [3.63, 3.8) is 0 Å². The Labute approximate surface area is 117 Å². The zero-order valence-corrected chi connectivity index (χ0v) is 11.2. The molecular formula is C16H17N3O. The van der Waals surface area contributed by atoms with Crippen molar-refractivity contribution in [3.05, 3.63) is 35.5 Å². The predicted octanol–water partition coefficient (Wildman–Crippen LogP) is 1.97. The Morgan fingerprint density at radius 1 is 1.45 bits per heavy atom. The first kappa shape index (κ1) is 11.8. The van der Waals surface area contributed by atoms with E-state index in [0.717, 1.165) is 12.8 Å². The Morgan fingerprint density at radius 3 is 3.15 bits per heavy atom. The molecule has 0 amide bonds. The van der Waals surface area contributed by atoms with E-state index < -0.39 is 0 Å². The van der Waals surface area contributed by atoms with Gasteiger partial charge in [0.15, 0.2) is 6.19 Å². The van der Waals surface area contributed by atoms with Crippen molar-refractivity contribution in [1.82, 2.24) is 9.88 Å². The van der Waals surface area contributed by atoms with Crippen LogP contribution in [0.1, 0.15) is 23.5 Å². The summed E-state index contributed by atoms with van der Waals surface area (Å²) in [7, 11) is 0. The first-order chi connectivity index (χ1) is 9.81. The normalized spacial score (nSPS) is 28.2. The number of aliphatic hydroxyl groups is 1. The van der Waals surface area contributed by atoms with E-state index in [1.54, 1.807) is 0 Å². The minimum absolute atomic E-state index is 0.164. The maximum absolute atomic E-state index is 9.50. The number of hydrogen-bond acceptors (Lipinski definition) is 3. The number of fused-ring (bicyclic) bond motifs is 2. The Hall–Kier alpha value is -1.99. The number of aromatic amines is 1. The van der Waals surface area contributed by atoms with Gasteiger partial charge in [-0.05, 0) is 30.0 Å². The lowest BCUT2D eigenvalue weighted by atomic mass is 9.72.